The van der Waals surface area contributed by atoms with E-state index in [4.69, 9.17) is 11.5 Å². The summed E-state index contributed by atoms with van der Waals surface area (Å²) in [5.41, 5.74) is 11.0. The van der Waals surface area contributed by atoms with Crippen molar-refractivity contribution in [2.75, 3.05) is 24.1 Å². The van der Waals surface area contributed by atoms with Gasteiger partial charge in [0.2, 0.25) is 0 Å². The molecule has 7 heteroatoms. The molecule has 1 heterocycles. The third-order valence-corrected chi connectivity index (χ3v) is 3.20. The molecule has 2 rings (SSSR count). The molecule has 1 aliphatic carbocycles. The molecule has 0 saturated heterocycles. The number of amides is 1. The number of nitrogen functional groups attached to an aromatic ring is 1. The van der Waals surface area contributed by atoms with Gasteiger partial charge in [-0.15, -0.1) is 0 Å². The molecule has 1 aromatic rings. The first-order valence-electron chi connectivity index (χ1n) is 5.22. The minimum Gasteiger partial charge on any atom is -0.382 e. The van der Waals surface area contributed by atoms with Crippen LogP contribution in [0.2, 0.25) is 0 Å². The maximum atomic E-state index is 11.6. The van der Waals surface area contributed by atoms with E-state index in [0.717, 1.165) is 18.0 Å². The normalized spacial score (nSPS) is 14.8. The van der Waals surface area contributed by atoms with Crippen LogP contribution < -0.4 is 22.1 Å². The summed E-state index contributed by atoms with van der Waals surface area (Å²) >= 11 is 1.29. The lowest BCUT2D eigenvalue weighted by molar-refractivity contribution is 0.0959. The minimum atomic E-state index is -0.204. The topological polar surface area (TPSA) is 106 Å². The molecule has 0 unspecified atom stereocenters. The van der Waals surface area contributed by atoms with Gasteiger partial charge >= 0.3 is 0 Å². The maximum absolute atomic E-state index is 11.6. The van der Waals surface area contributed by atoms with Crippen LogP contribution in [0.1, 0.15) is 22.5 Å². The summed E-state index contributed by atoms with van der Waals surface area (Å²) in [6, 6.07) is 0.505. The van der Waals surface area contributed by atoms with Gasteiger partial charge in [0.05, 0.1) is 0 Å². The highest BCUT2D eigenvalue weighted by Crippen LogP contribution is 2.30. The second-order valence-corrected chi connectivity index (χ2v) is 4.70. The van der Waals surface area contributed by atoms with Crippen molar-refractivity contribution in [2.24, 2.45) is 5.73 Å². The van der Waals surface area contributed by atoms with Gasteiger partial charge in [-0.3, -0.25) is 4.79 Å². The van der Waals surface area contributed by atoms with Crippen molar-refractivity contribution in [1.82, 2.24) is 10.3 Å². The maximum Gasteiger partial charge on any atom is 0.265 e. The Bertz CT molecular complexity index is 387. The van der Waals surface area contributed by atoms with Crippen molar-refractivity contribution >= 4 is 28.2 Å². The summed E-state index contributed by atoms with van der Waals surface area (Å²) in [7, 11) is 0. The highest BCUT2D eigenvalue weighted by molar-refractivity contribution is 7.18. The van der Waals surface area contributed by atoms with Crippen LogP contribution >= 0.6 is 11.3 Å². The second-order valence-electron chi connectivity index (χ2n) is 3.70. The summed E-state index contributed by atoms with van der Waals surface area (Å²) in [6.07, 6.45) is 2.32. The third kappa shape index (κ3) is 2.61. The van der Waals surface area contributed by atoms with Crippen LogP contribution in [0.15, 0.2) is 0 Å². The number of hydrogen-bond acceptors (Lipinski definition) is 6. The molecule has 16 heavy (non-hydrogen) atoms. The van der Waals surface area contributed by atoms with Gasteiger partial charge in [-0.05, 0) is 12.8 Å². The Morgan fingerprint density at radius 3 is 2.94 bits per heavy atom. The zero-order chi connectivity index (χ0) is 11.5. The van der Waals surface area contributed by atoms with E-state index in [0.29, 0.717) is 24.0 Å². The van der Waals surface area contributed by atoms with Gasteiger partial charge in [-0.1, -0.05) is 11.3 Å². The number of thiazole rings is 1. The van der Waals surface area contributed by atoms with Crippen LogP contribution in [-0.2, 0) is 0 Å². The molecule has 0 aromatic carbocycles. The Morgan fingerprint density at radius 2 is 2.31 bits per heavy atom. The van der Waals surface area contributed by atoms with Crippen LogP contribution in [0.4, 0.5) is 10.9 Å². The molecule has 6 N–H and O–H groups in total. The van der Waals surface area contributed by atoms with Crippen molar-refractivity contribution in [3.8, 4) is 0 Å². The average Bonchev–Trinajstić information content (AvgIpc) is 2.98. The highest BCUT2D eigenvalue weighted by atomic mass is 32.1. The van der Waals surface area contributed by atoms with E-state index in [1.54, 1.807) is 0 Å². The summed E-state index contributed by atoms with van der Waals surface area (Å²) in [4.78, 5) is 16.2. The lowest BCUT2D eigenvalue weighted by atomic mass is 10.4. The van der Waals surface area contributed by atoms with Gasteiger partial charge in [-0.25, -0.2) is 4.98 Å². The third-order valence-electron chi connectivity index (χ3n) is 2.19. The molecule has 1 fully saturated rings. The summed E-state index contributed by atoms with van der Waals surface area (Å²) in [6.45, 7) is 0.860. The fourth-order valence-electron chi connectivity index (χ4n) is 1.22. The molecule has 1 amide bonds. The van der Waals surface area contributed by atoms with E-state index in [1.807, 2.05) is 0 Å². The zero-order valence-corrected chi connectivity index (χ0v) is 9.64. The molecule has 0 spiro atoms. The molecule has 0 radical (unpaired) electrons. The number of nitrogens with zero attached hydrogens (tertiary/aromatic N) is 1. The Kier molecular flexibility index (Phi) is 3.25. The molecule has 0 aliphatic heterocycles. The number of carbonyl (C=O) groups is 1. The van der Waals surface area contributed by atoms with E-state index in [2.05, 4.69) is 15.6 Å². The lowest BCUT2D eigenvalue weighted by Crippen LogP contribution is -2.28. The standard InChI is InChI=1S/C9H15N5OS/c10-3-4-12-8(15)6-7(11)14-9(16-6)13-5-1-2-5/h5H,1-4,10-11H2,(H,12,15)(H,13,14). The molecule has 1 aromatic heterocycles. The van der Waals surface area contributed by atoms with E-state index in [-0.39, 0.29) is 11.7 Å². The molecule has 0 atom stereocenters. The van der Waals surface area contributed by atoms with Crippen molar-refractivity contribution in [2.45, 2.75) is 18.9 Å². The fraction of sp³-hybridized carbons (Fsp3) is 0.556. The molecular formula is C9H15N5OS. The number of aromatic nitrogens is 1. The quantitative estimate of drug-likeness (QED) is 0.580. The number of anilines is 2. The number of carbonyl (C=O) groups excluding carboxylic acids is 1. The van der Waals surface area contributed by atoms with Crippen LogP contribution in [0, 0.1) is 0 Å². The van der Waals surface area contributed by atoms with E-state index in [9.17, 15) is 4.79 Å². The molecule has 1 saturated carbocycles. The van der Waals surface area contributed by atoms with Crippen molar-refractivity contribution in [1.29, 1.82) is 0 Å². The minimum absolute atomic E-state index is 0.204. The van der Waals surface area contributed by atoms with Gasteiger partial charge in [0.1, 0.15) is 10.7 Å². The Morgan fingerprint density at radius 1 is 1.56 bits per heavy atom. The monoisotopic (exact) mass is 241 g/mol. The van der Waals surface area contributed by atoms with Gasteiger partial charge in [0, 0.05) is 19.1 Å². The average molecular weight is 241 g/mol. The molecule has 88 valence electrons. The molecule has 6 nitrogen and oxygen atoms in total. The SMILES string of the molecule is NCCNC(=O)c1sc(NC2CC2)nc1N. The second kappa shape index (κ2) is 4.67. The fourth-order valence-corrected chi connectivity index (χ4v) is 2.10. The Labute approximate surface area is 97.4 Å². The smallest absolute Gasteiger partial charge is 0.265 e. The molecular weight excluding hydrogens is 226 g/mol. The van der Waals surface area contributed by atoms with E-state index in [1.165, 1.54) is 11.3 Å². The lowest BCUT2D eigenvalue weighted by Gasteiger charge is -2.00. The molecule has 1 aliphatic rings. The van der Waals surface area contributed by atoms with Gasteiger partial charge in [-0.2, -0.15) is 0 Å². The van der Waals surface area contributed by atoms with E-state index >= 15 is 0 Å². The largest absolute Gasteiger partial charge is 0.382 e. The predicted octanol–water partition coefficient (Wildman–Crippen LogP) is -0.0119. The van der Waals surface area contributed by atoms with Gasteiger partial charge < -0.3 is 22.1 Å². The first-order chi connectivity index (χ1) is 7.70. The van der Waals surface area contributed by atoms with Crippen LogP contribution in [0.25, 0.3) is 0 Å². The summed E-state index contributed by atoms with van der Waals surface area (Å²) < 4.78 is 0. The van der Waals surface area contributed by atoms with Crippen LogP contribution in [0.5, 0.6) is 0 Å². The summed E-state index contributed by atoms with van der Waals surface area (Å²) in [5, 5.41) is 6.60. The van der Waals surface area contributed by atoms with Crippen molar-refractivity contribution < 1.29 is 4.79 Å². The van der Waals surface area contributed by atoms with Crippen LogP contribution in [-0.4, -0.2) is 30.0 Å². The summed E-state index contributed by atoms with van der Waals surface area (Å²) in [5.74, 6) is 0.0759. The van der Waals surface area contributed by atoms with E-state index < -0.39 is 0 Å². The highest BCUT2D eigenvalue weighted by Gasteiger charge is 2.23. The van der Waals surface area contributed by atoms with Crippen molar-refractivity contribution in [3.63, 3.8) is 0 Å². The number of rotatable bonds is 5. The molecule has 0 bridgehead atoms. The number of nitrogens with one attached hydrogen (secondary N) is 2. The Hall–Kier alpha value is -1.34. The number of nitrogens with two attached hydrogens (primary N) is 2. The predicted molar refractivity (Wildman–Crippen MR) is 64.6 cm³/mol. The first-order valence-corrected chi connectivity index (χ1v) is 6.03. The first kappa shape index (κ1) is 11.2. The Balaban J connectivity index is 2.01. The van der Waals surface area contributed by atoms with Gasteiger partial charge in [0.25, 0.3) is 5.91 Å². The number of hydrogen-bond donors (Lipinski definition) is 4. The van der Waals surface area contributed by atoms with Crippen molar-refractivity contribution in [3.05, 3.63) is 4.88 Å². The zero-order valence-electron chi connectivity index (χ0n) is 8.82. The van der Waals surface area contributed by atoms with Crippen LogP contribution in [0.3, 0.4) is 0 Å². The van der Waals surface area contributed by atoms with Gasteiger partial charge in [0.15, 0.2) is 5.13 Å².